The molecule has 0 unspecified atom stereocenters. The fourth-order valence-corrected chi connectivity index (χ4v) is 3.03. The fraction of sp³-hybridized carbons (Fsp3) is 0.286. The number of halogens is 1. The molecule has 0 spiro atoms. The van der Waals surface area contributed by atoms with Gasteiger partial charge in [-0.05, 0) is 12.1 Å². The molecule has 1 saturated heterocycles. The normalized spacial score (nSPS) is 15.2. The quantitative estimate of drug-likeness (QED) is 0.923. The van der Waals surface area contributed by atoms with Crippen LogP contribution in [0.3, 0.4) is 0 Å². The number of aromatic nitrogens is 1. The Balaban J connectivity index is 1.89. The molecule has 0 atom stereocenters. The third-order valence-electron chi connectivity index (χ3n) is 3.17. The van der Waals surface area contributed by atoms with E-state index in [1.807, 2.05) is 0 Å². The van der Waals surface area contributed by atoms with E-state index in [0.717, 1.165) is 11.3 Å². The summed E-state index contributed by atoms with van der Waals surface area (Å²) in [5, 5.41) is 10.3. The molecule has 1 aromatic carbocycles. The highest BCUT2D eigenvalue weighted by Gasteiger charge is 2.25. The number of aromatic hydroxyl groups is 1. The molecular weight excluding hydrogens is 295 g/mol. The first-order valence-electron chi connectivity index (χ1n) is 6.48. The zero-order valence-electron chi connectivity index (χ0n) is 11.1. The molecule has 1 aliphatic rings. The molecule has 2 aromatic rings. The smallest absolute Gasteiger partial charge is 0.269 e. The molecule has 0 aliphatic carbocycles. The minimum Gasteiger partial charge on any atom is -0.492 e. The van der Waals surface area contributed by atoms with E-state index in [-0.39, 0.29) is 22.5 Å². The van der Waals surface area contributed by atoms with E-state index < -0.39 is 0 Å². The Morgan fingerprint density at radius 1 is 1.38 bits per heavy atom. The number of thiazole rings is 1. The summed E-state index contributed by atoms with van der Waals surface area (Å²) >= 11 is 1.06. The van der Waals surface area contributed by atoms with E-state index >= 15 is 0 Å². The van der Waals surface area contributed by atoms with Gasteiger partial charge in [0.25, 0.3) is 5.91 Å². The van der Waals surface area contributed by atoms with Crippen molar-refractivity contribution < 1.29 is 19.0 Å². The second-order valence-corrected chi connectivity index (χ2v) is 5.59. The third-order valence-corrected chi connectivity index (χ3v) is 4.26. The fourth-order valence-electron chi connectivity index (χ4n) is 2.11. The molecule has 1 N–H and O–H groups in total. The van der Waals surface area contributed by atoms with Crippen molar-refractivity contribution in [3.05, 3.63) is 35.0 Å². The molecule has 7 heteroatoms. The largest absolute Gasteiger partial charge is 0.492 e. The average Bonchev–Trinajstić information content (AvgIpc) is 2.89. The van der Waals surface area contributed by atoms with Crippen molar-refractivity contribution in [3.8, 4) is 16.5 Å². The van der Waals surface area contributed by atoms with Crippen LogP contribution in [0.25, 0.3) is 10.6 Å². The highest BCUT2D eigenvalue weighted by Crippen LogP contribution is 2.33. The molecule has 1 fully saturated rings. The maximum absolute atomic E-state index is 13.2. The summed E-state index contributed by atoms with van der Waals surface area (Å²) in [6, 6.07) is 5.90. The van der Waals surface area contributed by atoms with Crippen LogP contribution in [0.15, 0.2) is 24.3 Å². The SMILES string of the molecule is O=C(c1sc(-c2cccc(F)c2)nc1O)N1CCOCC1. The molecule has 0 bridgehead atoms. The van der Waals surface area contributed by atoms with Crippen molar-refractivity contribution in [3.63, 3.8) is 0 Å². The van der Waals surface area contributed by atoms with Gasteiger partial charge in [-0.25, -0.2) is 9.37 Å². The standard InChI is InChI=1S/C14H13FN2O3S/c15-10-3-1-2-9(8-10)13-16-12(18)11(21-13)14(19)17-4-6-20-7-5-17/h1-3,8,18H,4-7H2. The highest BCUT2D eigenvalue weighted by atomic mass is 32.1. The Kier molecular flexibility index (Phi) is 3.85. The van der Waals surface area contributed by atoms with Crippen LogP contribution < -0.4 is 0 Å². The van der Waals surface area contributed by atoms with Crippen molar-refractivity contribution >= 4 is 17.2 Å². The van der Waals surface area contributed by atoms with E-state index in [4.69, 9.17) is 4.74 Å². The van der Waals surface area contributed by atoms with Gasteiger partial charge >= 0.3 is 0 Å². The maximum Gasteiger partial charge on any atom is 0.269 e. The summed E-state index contributed by atoms with van der Waals surface area (Å²) in [6.45, 7) is 1.96. The van der Waals surface area contributed by atoms with Crippen molar-refractivity contribution in [1.82, 2.24) is 9.88 Å². The number of carbonyl (C=O) groups excluding carboxylic acids is 1. The van der Waals surface area contributed by atoms with E-state index in [2.05, 4.69) is 4.98 Å². The van der Waals surface area contributed by atoms with Gasteiger partial charge in [0.05, 0.1) is 13.2 Å². The predicted molar refractivity (Wildman–Crippen MR) is 75.9 cm³/mol. The number of rotatable bonds is 2. The van der Waals surface area contributed by atoms with Crippen molar-refractivity contribution in [2.24, 2.45) is 0 Å². The molecule has 1 aliphatic heterocycles. The Hall–Kier alpha value is -1.99. The van der Waals surface area contributed by atoms with Crippen LogP contribution in [0, 0.1) is 5.82 Å². The molecular formula is C14H13FN2O3S. The van der Waals surface area contributed by atoms with Gasteiger partial charge in [0.1, 0.15) is 10.8 Å². The summed E-state index contributed by atoms with van der Waals surface area (Å²) in [7, 11) is 0. The Labute approximate surface area is 124 Å². The van der Waals surface area contributed by atoms with Gasteiger partial charge in [0.2, 0.25) is 5.88 Å². The van der Waals surface area contributed by atoms with Gasteiger partial charge in [-0.15, -0.1) is 11.3 Å². The minimum atomic E-state index is -0.386. The molecule has 2 heterocycles. The second-order valence-electron chi connectivity index (χ2n) is 4.59. The number of hydrogen-bond acceptors (Lipinski definition) is 5. The van der Waals surface area contributed by atoms with Crippen LogP contribution in [-0.2, 0) is 4.74 Å². The van der Waals surface area contributed by atoms with E-state index in [0.29, 0.717) is 36.9 Å². The van der Waals surface area contributed by atoms with Crippen LogP contribution in [0.2, 0.25) is 0 Å². The van der Waals surface area contributed by atoms with Crippen LogP contribution in [0.4, 0.5) is 4.39 Å². The van der Waals surface area contributed by atoms with Crippen LogP contribution in [0.5, 0.6) is 5.88 Å². The van der Waals surface area contributed by atoms with Crippen LogP contribution in [0.1, 0.15) is 9.67 Å². The number of hydrogen-bond donors (Lipinski definition) is 1. The van der Waals surface area contributed by atoms with E-state index in [1.165, 1.54) is 12.1 Å². The average molecular weight is 308 g/mol. The second kappa shape index (κ2) is 5.79. The first-order valence-corrected chi connectivity index (χ1v) is 7.29. The molecule has 5 nitrogen and oxygen atoms in total. The zero-order chi connectivity index (χ0) is 14.8. The first-order chi connectivity index (χ1) is 10.1. The number of morpholine rings is 1. The van der Waals surface area contributed by atoms with Gasteiger partial charge in [-0.2, -0.15) is 0 Å². The van der Waals surface area contributed by atoms with Gasteiger partial charge in [0.15, 0.2) is 4.88 Å². The molecule has 0 saturated carbocycles. The number of benzene rings is 1. The van der Waals surface area contributed by atoms with Crippen LogP contribution >= 0.6 is 11.3 Å². The molecule has 21 heavy (non-hydrogen) atoms. The van der Waals surface area contributed by atoms with E-state index in [1.54, 1.807) is 17.0 Å². The minimum absolute atomic E-state index is 0.177. The number of amides is 1. The summed E-state index contributed by atoms with van der Waals surface area (Å²) < 4.78 is 18.4. The molecule has 110 valence electrons. The maximum atomic E-state index is 13.2. The third kappa shape index (κ3) is 2.88. The van der Waals surface area contributed by atoms with E-state index in [9.17, 15) is 14.3 Å². The van der Waals surface area contributed by atoms with Crippen molar-refractivity contribution in [2.75, 3.05) is 26.3 Å². The summed E-state index contributed by atoms with van der Waals surface area (Å²) in [6.07, 6.45) is 0. The molecule has 1 amide bonds. The highest BCUT2D eigenvalue weighted by molar-refractivity contribution is 7.17. The Bertz CT molecular complexity index is 668. The number of nitrogens with zero attached hydrogens (tertiary/aromatic N) is 2. The van der Waals surface area contributed by atoms with Crippen molar-refractivity contribution in [2.45, 2.75) is 0 Å². The van der Waals surface area contributed by atoms with Gasteiger partial charge in [-0.3, -0.25) is 4.79 Å². The Morgan fingerprint density at radius 3 is 2.86 bits per heavy atom. The first kappa shape index (κ1) is 14.0. The lowest BCUT2D eigenvalue weighted by Crippen LogP contribution is -2.40. The number of carbonyl (C=O) groups is 1. The van der Waals surface area contributed by atoms with Crippen molar-refractivity contribution in [1.29, 1.82) is 0 Å². The lowest BCUT2D eigenvalue weighted by Gasteiger charge is -2.26. The zero-order valence-corrected chi connectivity index (χ0v) is 11.9. The molecule has 0 radical (unpaired) electrons. The summed E-state index contributed by atoms with van der Waals surface area (Å²) in [5.74, 6) is -0.963. The predicted octanol–water partition coefficient (Wildman–Crippen LogP) is 2.13. The summed E-state index contributed by atoms with van der Waals surface area (Å²) in [4.78, 5) is 18.1. The lowest BCUT2D eigenvalue weighted by atomic mass is 10.2. The summed E-state index contributed by atoms with van der Waals surface area (Å²) in [5.41, 5.74) is 0.538. The topological polar surface area (TPSA) is 62.7 Å². The van der Waals surface area contributed by atoms with Gasteiger partial charge in [0, 0.05) is 18.7 Å². The van der Waals surface area contributed by atoms with Gasteiger partial charge in [-0.1, -0.05) is 12.1 Å². The van der Waals surface area contributed by atoms with Crippen LogP contribution in [-0.4, -0.2) is 47.2 Å². The lowest BCUT2D eigenvalue weighted by molar-refractivity contribution is 0.0304. The molecule has 1 aromatic heterocycles. The monoisotopic (exact) mass is 308 g/mol. The number of ether oxygens (including phenoxy) is 1. The van der Waals surface area contributed by atoms with Gasteiger partial charge < -0.3 is 14.7 Å². The Morgan fingerprint density at radius 2 is 2.14 bits per heavy atom. The molecule has 3 rings (SSSR count).